The van der Waals surface area contributed by atoms with Gasteiger partial charge in [-0.15, -0.1) is 0 Å². The van der Waals surface area contributed by atoms with Gasteiger partial charge in [-0.3, -0.25) is 4.90 Å². The van der Waals surface area contributed by atoms with E-state index in [0.717, 1.165) is 22.3 Å². The van der Waals surface area contributed by atoms with Crippen LogP contribution < -0.4 is 4.74 Å². The molecule has 0 saturated carbocycles. The van der Waals surface area contributed by atoms with Crippen LogP contribution in [0.5, 0.6) is 5.75 Å². The van der Waals surface area contributed by atoms with Crippen LogP contribution in [-0.4, -0.2) is 36.3 Å². The highest BCUT2D eigenvalue weighted by Crippen LogP contribution is 2.38. The second-order valence-corrected chi connectivity index (χ2v) is 9.53. The van der Waals surface area contributed by atoms with Crippen LogP contribution in [0.3, 0.4) is 0 Å². The van der Waals surface area contributed by atoms with Crippen LogP contribution >= 0.6 is 0 Å². The number of likely N-dealkylation sites (tertiary alicyclic amines) is 1. The number of hydrogen-bond donors (Lipinski definition) is 1. The Morgan fingerprint density at radius 2 is 1.64 bits per heavy atom. The Morgan fingerprint density at radius 3 is 2.28 bits per heavy atom. The average molecular weight is 496 g/mol. The van der Waals surface area contributed by atoms with Crippen LogP contribution in [0.1, 0.15) is 45.4 Å². The number of ether oxygens (including phenoxy) is 1. The molecule has 3 aromatic rings. The Hall–Kier alpha value is -3.09. The third kappa shape index (κ3) is 5.50. The summed E-state index contributed by atoms with van der Waals surface area (Å²) in [5.74, 6) is 0.407. The van der Waals surface area contributed by atoms with E-state index in [2.05, 4.69) is 26.0 Å². The molecule has 0 amide bonds. The normalized spacial score (nSPS) is 16.7. The van der Waals surface area contributed by atoms with Crippen molar-refractivity contribution in [2.24, 2.45) is 0 Å². The van der Waals surface area contributed by atoms with Gasteiger partial charge < -0.3 is 9.84 Å². The lowest BCUT2D eigenvalue weighted by atomic mass is 9.91. The monoisotopic (exact) mass is 495 g/mol. The highest BCUT2D eigenvalue weighted by molar-refractivity contribution is 5.80. The van der Waals surface area contributed by atoms with Crippen LogP contribution in [-0.2, 0) is 12.7 Å². The second kappa shape index (κ2) is 10.5. The zero-order chi connectivity index (χ0) is 26.0. The number of aliphatic hydroxyl groups excluding tert-OH is 1. The summed E-state index contributed by atoms with van der Waals surface area (Å²) < 4.78 is 47.7. The molecular weight excluding hydrogens is 463 g/mol. The van der Waals surface area contributed by atoms with Gasteiger partial charge in [0, 0.05) is 25.2 Å². The molecule has 1 N–H and O–H groups in total. The van der Waals surface area contributed by atoms with Crippen molar-refractivity contribution in [1.29, 1.82) is 0 Å². The molecule has 0 radical (unpaired) electrons. The molecule has 3 nitrogen and oxygen atoms in total. The third-order valence-corrected chi connectivity index (χ3v) is 7.11. The van der Waals surface area contributed by atoms with E-state index in [0.29, 0.717) is 37.4 Å². The second-order valence-electron chi connectivity index (χ2n) is 9.53. The molecule has 1 saturated heterocycles. The summed E-state index contributed by atoms with van der Waals surface area (Å²) in [7, 11) is 1.47. The van der Waals surface area contributed by atoms with Gasteiger partial charge in [0.1, 0.15) is 5.75 Å². The largest absolute Gasteiger partial charge is 0.496 e. The average Bonchev–Trinajstić information content (AvgIpc) is 3.24. The van der Waals surface area contributed by atoms with Crippen molar-refractivity contribution >= 4 is 12.2 Å². The van der Waals surface area contributed by atoms with E-state index in [-0.39, 0.29) is 5.56 Å². The Bertz CT molecular complexity index is 1280. The fourth-order valence-electron chi connectivity index (χ4n) is 4.88. The lowest BCUT2D eigenvalue weighted by Crippen LogP contribution is -2.22. The third-order valence-electron chi connectivity index (χ3n) is 7.11. The van der Waals surface area contributed by atoms with Crippen LogP contribution in [0.25, 0.3) is 23.3 Å². The van der Waals surface area contributed by atoms with Gasteiger partial charge in [0.05, 0.1) is 18.8 Å². The SMILES string of the molecule is COc1cc(/C=C/c2cccc(-c3cccc(C)c3C)c2C)c(C(F)(F)F)cc1CN1CC[C@@H](O)C1. The molecule has 6 heteroatoms. The van der Waals surface area contributed by atoms with Crippen LogP contribution in [0, 0.1) is 20.8 Å². The standard InChI is InChI=1S/C30H32F3NO2/c1-19-7-5-9-26(20(19)2)27-10-6-8-22(21(27)3)11-12-23-16-29(36-4)24(15-28(23)30(31,32)33)17-34-14-13-25(35)18-34/h5-12,15-16,25,35H,13-14,17-18H2,1-4H3/b12-11+/t25-/m1/s1. The lowest BCUT2D eigenvalue weighted by Gasteiger charge is -2.20. The number of aliphatic hydroxyl groups is 1. The zero-order valence-electron chi connectivity index (χ0n) is 21.1. The molecule has 0 aromatic heterocycles. The fraction of sp³-hybridized carbons (Fsp3) is 0.333. The molecular formula is C30H32F3NO2. The first-order valence-corrected chi connectivity index (χ1v) is 12.1. The molecule has 190 valence electrons. The fourth-order valence-corrected chi connectivity index (χ4v) is 4.88. The number of halogens is 3. The Morgan fingerprint density at radius 1 is 0.972 bits per heavy atom. The maximum absolute atomic E-state index is 14.1. The van der Waals surface area contributed by atoms with Crippen LogP contribution in [0.4, 0.5) is 13.2 Å². The number of β-amino-alcohol motifs (C(OH)–C–C–N with tert-alkyl or cyclic N) is 1. The maximum Gasteiger partial charge on any atom is 0.417 e. The van der Waals surface area contributed by atoms with E-state index < -0.39 is 17.8 Å². The minimum absolute atomic E-state index is 0.0566. The van der Waals surface area contributed by atoms with Crippen molar-refractivity contribution in [3.63, 3.8) is 0 Å². The van der Waals surface area contributed by atoms with Gasteiger partial charge in [0.15, 0.2) is 0 Å². The molecule has 0 spiro atoms. The smallest absolute Gasteiger partial charge is 0.417 e. The van der Waals surface area contributed by atoms with Crippen molar-refractivity contribution in [2.75, 3.05) is 20.2 Å². The quantitative estimate of drug-likeness (QED) is 0.372. The molecule has 1 aliphatic heterocycles. The summed E-state index contributed by atoms with van der Waals surface area (Å²) >= 11 is 0. The molecule has 3 aromatic carbocycles. The van der Waals surface area contributed by atoms with E-state index in [4.69, 9.17) is 4.74 Å². The predicted octanol–water partition coefficient (Wildman–Crippen LogP) is 7.04. The number of aryl methyl sites for hydroxylation is 1. The summed E-state index contributed by atoms with van der Waals surface area (Å²) in [6.07, 6.45) is -1.08. The Balaban J connectivity index is 1.72. The van der Waals surface area contributed by atoms with Crippen molar-refractivity contribution in [3.8, 4) is 16.9 Å². The van der Waals surface area contributed by atoms with Gasteiger partial charge >= 0.3 is 6.18 Å². The van der Waals surface area contributed by atoms with Crippen molar-refractivity contribution in [2.45, 2.75) is 46.0 Å². The number of methoxy groups -OCH3 is 1. The van der Waals surface area contributed by atoms with Gasteiger partial charge in [-0.1, -0.05) is 48.6 Å². The summed E-state index contributed by atoms with van der Waals surface area (Å²) in [4.78, 5) is 1.94. The van der Waals surface area contributed by atoms with Gasteiger partial charge in [-0.2, -0.15) is 13.2 Å². The van der Waals surface area contributed by atoms with Gasteiger partial charge in [-0.25, -0.2) is 0 Å². The predicted molar refractivity (Wildman–Crippen MR) is 139 cm³/mol. The first-order valence-electron chi connectivity index (χ1n) is 12.1. The van der Waals surface area contributed by atoms with E-state index in [1.165, 1.54) is 36.4 Å². The van der Waals surface area contributed by atoms with E-state index in [1.807, 2.05) is 36.1 Å². The number of nitrogens with zero attached hydrogens (tertiary/aromatic N) is 1. The van der Waals surface area contributed by atoms with Crippen molar-refractivity contribution in [1.82, 2.24) is 4.90 Å². The lowest BCUT2D eigenvalue weighted by molar-refractivity contribution is -0.137. The van der Waals surface area contributed by atoms with E-state index in [1.54, 1.807) is 6.08 Å². The first-order chi connectivity index (χ1) is 17.1. The Kier molecular flexibility index (Phi) is 7.57. The summed E-state index contributed by atoms with van der Waals surface area (Å²) in [6.45, 7) is 7.53. The molecule has 1 fully saturated rings. The molecule has 0 aliphatic carbocycles. The number of benzene rings is 3. The molecule has 1 aliphatic rings. The molecule has 0 bridgehead atoms. The number of rotatable bonds is 6. The minimum Gasteiger partial charge on any atom is -0.496 e. The highest BCUT2D eigenvalue weighted by Gasteiger charge is 2.34. The van der Waals surface area contributed by atoms with Gasteiger partial charge in [0.2, 0.25) is 0 Å². The van der Waals surface area contributed by atoms with Crippen molar-refractivity contribution < 1.29 is 23.0 Å². The topological polar surface area (TPSA) is 32.7 Å². The first kappa shape index (κ1) is 26.0. The summed E-state index contributed by atoms with van der Waals surface area (Å²) in [6, 6.07) is 14.7. The number of alkyl halides is 3. The van der Waals surface area contributed by atoms with Crippen LogP contribution in [0.2, 0.25) is 0 Å². The van der Waals surface area contributed by atoms with E-state index in [9.17, 15) is 18.3 Å². The maximum atomic E-state index is 14.1. The molecule has 1 heterocycles. The number of hydrogen-bond acceptors (Lipinski definition) is 3. The summed E-state index contributed by atoms with van der Waals surface area (Å²) in [5, 5.41) is 9.79. The van der Waals surface area contributed by atoms with Crippen molar-refractivity contribution in [3.05, 3.63) is 87.5 Å². The molecule has 36 heavy (non-hydrogen) atoms. The zero-order valence-corrected chi connectivity index (χ0v) is 21.1. The Labute approximate surface area is 210 Å². The molecule has 0 unspecified atom stereocenters. The van der Waals surface area contributed by atoms with E-state index >= 15 is 0 Å². The van der Waals surface area contributed by atoms with Gasteiger partial charge in [-0.05, 0) is 78.3 Å². The molecule has 4 rings (SSSR count). The highest BCUT2D eigenvalue weighted by atomic mass is 19.4. The van der Waals surface area contributed by atoms with Gasteiger partial charge in [0.25, 0.3) is 0 Å². The van der Waals surface area contributed by atoms with Crippen LogP contribution in [0.15, 0.2) is 48.5 Å². The minimum atomic E-state index is -4.51. The molecule has 1 atom stereocenters. The summed E-state index contributed by atoms with van der Waals surface area (Å²) in [5.41, 5.74) is 6.25.